The number of furan rings is 1. The van der Waals surface area contributed by atoms with Crippen LogP contribution in [0, 0.1) is 6.92 Å². The molecule has 0 bridgehead atoms. The molecule has 0 saturated heterocycles. The average molecular weight is 373 g/mol. The topological polar surface area (TPSA) is 142 Å². The molecule has 3 aromatic rings. The molecule has 0 unspecified atom stereocenters. The maximum Gasteiger partial charge on any atom is 0.342 e. The molecule has 0 aliphatic carbocycles. The summed E-state index contributed by atoms with van der Waals surface area (Å²) in [5.41, 5.74) is 5.39. The summed E-state index contributed by atoms with van der Waals surface area (Å²) in [5.74, 6) is 0.324. The molecule has 11 heteroatoms. The van der Waals surface area contributed by atoms with Crippen LogP contribution in [0.25, 0.3) is 11.1 Å². The molecule has 0 fully saturated rings. The monoisotopic (exact) mass is 373 g/mol. The molecular weight excluding hydrogens is 354 g/mol. The molecule has 0 aromatic carbocycles. The minimum atomic E-state index is -0.635. The molecule has 3 rings (SSSR count). The minimum absolute atomic E-state index is 0.00181. The van der Waals surface area contributed by atoms with Crippen molar-refractivity contribution in [1.82, 2.24) is 24.5 Å². The van der Waals surface area contributed by atoms with Gasteiger partial charge in [-0.25, -0.2) is 9.78 Å². The lowest BCUT2D eigenvalue weighted by molar-refractivity contribution is 0.0526. The molecule has 0 aliphatic heterocycles. The van der Waals surface area contributed by atoms with Crippen molar-refractivity contribution in [3.63, 3.8) is 0 Å². The number of hydrogen-bond acceptors (Lipinski definition) is 10. The molecule has 27 heavy (non-hydrogen) atoms. The van der Waals surface area contributed by atoms with Crippen LogP contribution >= 0.6 is 0 Å². The van der Waals surface area contributed by atoms with Gasteiger partial charge < -0.3 is 19.8 Å². The number of nitrogens with two attached hydrogens (primary N) is 1. The number of carbonyl (C=O) groups is 1. The first-order chi connectivity index (χ1) is 12.8. The van der Waals surface area contributed by atoms with Crippen LogP contribution in [0.15, 0.2) is 15.5 Å². The normalized spacial score (nSPS) is 11.0. The van der Waals surface area contributed by atoms with Gasteiger partial charge in [0.05, 0.1) is 13.2 Å². The Bertz CT molecular complexity index is 1070. The van der Waals surface area contributed by atoms with Crippen LogP contribution < -0.4 is 16.2 Å². The fraction of sp³-hybridized carbons (Fsp3) is 0.375. The lowest BCUT2D eigenvalue weighted by atomic mass is 10.2. The second-order valence-electron chi connectivity index (χ2n) is 5.92. The first kappa shape index (κ1) is 18.3. The number of aryl methyl sites for hydroxylation is 1. The van der Waals surface area contributed by atoms with E-state index in [1.54, 1.807) is 32.8 Å². The van der Waals surface area contributed by atoms with Crippen LogP contribution in [0.3, 0.4) is 0 Å². The third-order valence-corrected chi connectivity index (χ3v) is 3.73. The maximum atomic E-state index is 12.9. The van der Waals surface area contributed by atoms with Crippen molar-refractivity contribution in [2.75, 3.05) is 31.3 Å². The Hall–Kier alpha value is -3.50. The van der Waals surface area contributed by atoms with Crippen LogP contribution in [-0.4, -0.2) is 51.2 Å². The van der Waals surface area contributed by atoms with Gasteiger partial charge in [0, 0.05) is 14.1 Å². The van der Waals surface area contributed by atoms with Crippen molar-refractivity contribution < 1.29 is 13.9 Å². The van der Waals surface area contributed by atoms with Crippen molar-refractivity contribution in [2.24, 2.45) is 0 Å². The Morgan fingerprint density at radius 1 is 1.33 bits per heavy atom. The molecular formula is C16H19N7O4. The van der Waals surface area contributed by atoms with E-state index in [4.69, 9.17) is 14.9 Å². The summed E-state index contributed by atoms with van der Waals surface area (Å²) in [6.07, 6.45) is 1.30. The molecule has 0 saturated carbocycles. The Morgan fingerprint density at radius 3 is 2.74 bits per heavy atom. The van der Waals surface area contributed by atoms with Crippen LogP contribution in [-0.2, 0) is 11.3 Å². The summed E-state index contributed by atoms with van der Waals surface area (Å²) in [6, 6.07) is 0. The van der Waals surface area contributed by atoms with Crippen LogP contribution in [0.5, 0.6) is 0 Å². The van der Waals surface area contributed by atoms with E-state index < -0.39 is 11.5 Å². The van der Waals surface area contributed by atoms with Crippen LogP contribution in [0.1, 0.15) is 28.9 Å². The van der Waals surface area contributed by atoms with Gasteiger partial charge in [-0.3, -0.25) is 9.36 Å². The zero-order chi connectivity index (χ0) is 19.7. The summed E-state index contributed by atoms with van der Waals surface area (Å²) < 4.78 is 11.7. The number of anilines is 2. The second kappa shape index (κ2) is 7.02. The number of aromatic nitrogens is 5. The first-order valence-electron chi connectivity index (χ1n) is 8.15. The van der Waals surface area contributed by atoms with Gasteiger partial charge in [0.15, 0.2) is 5.82 Å². The molecule has 3 aromatic heterocycles. The highest BCUT2D eigenvalue weighted by atomic mass is 16.5. The van der Waals surface area contributed by atoms with E-state index in [0.29, 0.717) is 5.95 Å². The predicted molar refractivity (Wildman–Crippen MR) is 96.6 cm³/mol. The minimum Gasteiger partial charge on any atom is -0.462 e. The number of fused-ring (bicyclic) bond motifs is 1. The molecule has 2 N–H and O–H groups in total. The lowest BCUT2D eigenvalue weighted by Crippen LogP contribution is -2.24. The van der Waals surface area contributed by atoms with Crippen molar-refractivity contribution in [3.05, 3.63) is 33.8 Å². The molecule has 142 valence electrons. The highest BCUT2D eigenvalue weighted by molar-refractivity contribution is 6.03. The maximum absolute atomic E-state index is 12.9. The van der Waals surface area contributed by atoms with Crippen LogP contribution in [0.4, 0.5) is 11.9 Å². The Kier molecular flexibility index (Phi) is 4.75. The van der Waals surface area contributed by atoms with Gasteiger partial charge in [-0.2, -0.15) is 15.0 Å². The van der Waals surface area contributed by atoms with Crippen molar-refractivity contribution >= 4 is 29.0 Å². The van der Waals surface area contributed by atoms with Gasteiger partial charge in [-0.05, 0) is 13.8 Å². The summed E-state index contributed by atoms with van der Waals surface area (Å²) in [6.45, 7) is 3.44. The van der Waals surface area contributed by atoms with Gasteiger partial charge in [0.25, 0.3) is 5.56 Å². The molecule has 11 nitrogen and oxygen atoms in total. The highest BCUT2D eigenvalue weighted by Crippen LogP contribution is 2.21. The van der Waals surface area contributed by atoms with E-state index in [2.05, 4.69) is 19.9 Å². The molecule has 0 radical (unpaired) electrons. The van der Waals surface area contributed by atoms with E-state index >= 15 is 0 Å². The third-order valence-electron chi connectivity index (χ3n) is 3.73. The number of esters is 1. The van der Waals surface area contributed by atoms with E-state index in [1.807, 2.05) is 0 Å². The van der Waals surface area contributed by atoms with E-state index in [-0.39, 0.29) is 47.3 Å². The molecule has 0 atom stereocenters. The first-order valence-corrected chi connectivity index (χ1v) is 8.15. The predicted octanol–water partition coefficient (Wildman–Crippen LogP) is 0.356. The Labute approximate surface area is 153 Å². The van der Waals surface area contributed by atoms with Crippen molar-refractivity contribution in [2.45, 2.75) is 20.4 Å². The molecule has 0 spiro atoms. The zero-order valence-electron chi connectivity index (χ0n) is 15.4. The number of hydrogen-bond donors (Lipinski definition) is 1. The van der Waals surface area contributed by atoms with Gasteiger partial charge >= 0.3 is 5.97 Å². The smallest absolute Gasteiger partial charge is 0.342 e. The van der Waals surface area contributed by atoms with Crippen molar-refractivity contribution in [1.29, 1.82) is 0 Å². The molecule has 3 heterocycles. The second-order valence-corrected chi connectivity index (χ2v) is 5.92. The van der Waals surface area contributed by atoms with Gasteiger partial charge in [0.1, 0.15) is 23.0 Å². The number of nitrogen functional groups attached to an aromatic ring is 1. The Morgan fingerprint density at radius 2 is 2.07 bits per heavy atom. The summed E-state index contributed by atoms with van der Waals surface area (Å²) in [7, 11) is 3.52. The average Bonchev–Trinajstić information content (AvgIpc) is 2.94. The number of ether oxygens (including phenoxy) is 1. The van der Waals surface area contributed by atoms with Gasteiger partial charge in [0.2, 0.25) is 17.6 Å². The zero-order valence-corrected chi connectivity index (χ0v) is 15.4. The third kappa shape index (κ3) is 3.43. The van der Waals surface area contributed by atoms with Gasteiger partial charge in [-0.15, -0.1) is 0 Å². The number of carbonyl (C=O) groups excluding carboxylic acids is 1. The van der Waals surface area contributed by atoms with Gasteiger partial charge in [-0.1, -0.05) is 0 Å². The SMILES string of the molecule is CCOC(=O)c1c(C)oc2ncn(Cc3nc(N)nc(N(C)C)n3)c(=O)c12. The standard InChI is InChI=1S/C16H19N7O4/c1-5-26-14(25)10-8(2)27-12-11(10)13(24)23(7-18-12)6-9-19-15(17)21-16(20-9)22(3)4/h7H,5-6H2,1-4H3,(H2,17,19,20,21). The largest absolute Gasteiger partial charge is 0.462 e. The fourth-order valence-electron chi connectivity index (χ4n) is 2.55. The van der Waals surface area contributed by atoms with E-state index in [9.17, 15) is 9.59 Å². The number of rotatable bonds is 5. The van der Waals surface area contributed by atoms with Crippen LogP contribution in [0.2, 0.25) is 0 Å². The van der Waals surface area contributed by atoms with E-state index in [0.717, 1.165) is 0 Å². The highest BCUT2D eigenvalue weighted by Gasteiger charge is 2.24. The molecule has 0 aliphatic rings. The van der Waals surface area contributed by atoms with E-state index in [1.165, 1.54) is 10.9 Å². The van der Waals surface area contributed by atoms with Crippen molar-refractivity contribution in [3.8, 4) is 0 Å². The lowest BCUT2D eigenvalue weighted by Gasteiger charge is -2.11. The summed E-state index contributed by atoms with van der Waals surface area (Å²) in [5, 5.41) is 0.0586. The quantitative estimate of drug-likeness (QED) is 0.622. The summed E-state index contributed by atoms with van der Waals surface area (Å²) in [4.78, 5) is 43.2. The Balaban J connectivity index is 2.09. The molecule has 0 amide bonds. The number of nitrogens with zero attached hydrogens (tertiary/aromatic N) is 6. The fourth-order valence-corrected chi connectivity index (χ4v) is 2.55. The summed E-state index contributed by atoms with van der Waals surface area (Å²) >= 11 is 0.